The minimum absolute atomic E-state index is 0.147. The third kappa shape index (κ3) is 7.46. The van der Waals surface area contributed by atoms with Gasteiger partial charge in [-0.15, -0.1) is 0 Å². The fraction of sp³-hybridized carbons (Fsp3) is 0.421. The number of rotatable bonds is 5. The van der Waals surface area contributed by atoms with E-state index in [0.717, 1.165) is 5.56 Å². The molecular weight excluding hydrogens is 404 g/mol. The summed E-state index contributed by atoms with van der Waals surface area (Å²) in [5.41, 5.74) is 4.90. The molecule has 0 aliphatic rings. The van der Waals surface area contributed by atoms with Gasteiger partial charge in [0.15, 0.2) is 17.9 Å². The van der Waals surface area contributed by atoms with E-state index in [1.807, 2.05) is 12.1 Å². The maximum absolute atomic E-state index is 11.4. The molecule has 0 saturated carbocycles. The summed E-state index contributed by atoms with van der Waals surface area (Å²) in [7, 11) is -6.50. The van der Waals surface area contributed by atoms with E-state index >= 15 is 0 Å². The zero-order valence-electron chi connectivity index (χ0n) is 16.7. The fourth-order valence-electron chi connectivity index (χ4n) is 2.92. The highest BCUT2D eigenvalue weighted by molar-refractivity contribution is 7.89. The molecule has 0 radical (unpaired) electrons. The quantitative estimate of drug-likeness (QED) is 0.647. The van der Waals surface area contributed by atoms with Crippen molar-refractivity contribution in [2.75, 3.05) is 0 Å². The average Bonchev–Trinajstić information content (AvgIpc) is 2.54. The third-order valence-corrected chi connectivity index (χ3v) is 5.08. The summed E-state index contributed by atoms with van der Waals surface area (Å²) in [4.78, 5) is 0.147. The van der Waals surface area contributed by atoms with Crippen molar-refractivity contribution in [1.82, 2.24) is 0 Å². The first kappa shape index (κ1) is 24.5. The van der Waals surface area contributed by atoms with Crippen molar-refractivity contribution in [3.8, 4) is 0 Å². The molecule has 28 heavy (non-hydrogen) atoms. The Balaban J connectivity index is 0.000000892. The standard InChI is InChI=1S/C19H27N2O2S.ClO3/c1-13(2)18-10-15(5)11-19(14(3)4)21(18)12-16-6-8-17(9-7-16)24(20,22)23;2-1(3)4/h6-11,13-14H,12H2,1-5H3,(H2,20,22,23);/q+1;-1. The van der Waals surface area contributed by atoms with E-state index in [9.17, 15) is 8.42 Å². The number of aromatic nitrogens is 1. The van der Waals surface area contributed by atoms with Crippen molar-refractivity contribution >= 4 is 10.0 Å². The van der Waals surface area contributed by atoms with Gasteiger partial charge < -0.3 is 14.0 Å². The SMILES string of the molecule is Cc1cc(C(C)C)[n+](Cc2ccc(S(N)(=O)=O)cc2)c(C(C)C)c1.[O-][Cl+2]([O-])[O-]. The van der Waals surface area contributed by atoms with Crippen LogP contribution in [-0.4, -0.2) is 8.42 Å². The number of hydrogen-bond acceptors (Lipinski definition) is 5. The molecule has 0 saturated heterocycles. The molecule has 9 heteroatoms. The number of nitrogens with two attached hydrogens (primary N) is 1. The molecule has 0 amide bonds. The van der Waals surface area contributed by atoms with Gasteiger partial charge in [0, 0.05) is 29.5 Å². The smallest absolute Gasteiger partial charge is 0.238 e. The van der Waals surface area contributed by atoms with Crippen molar-refractivity contribution in [3.63, 3.8) is 0 Å². The fourth-order valence-corrected chi connectivity index (χ4v) is 3.43. The van der Waals surface area contributed by atoms with Crippen LogP contribution in [0.5, 0.6) is 0 Å². The number of nitrogens with zero attached hydrogens (tertiary/aromatic N) is 1. The van der Waals surface area contributed by atoms with Gasteiger partial charge in [-0.1, -0.05) is 39.8 Å². The average molecular weight is 431 g/mol. The van der Waals surface area contributed by atoms with E-state index in [1.165, 1.54) is 17.0 Å². The Morgan fingerprint density at radius 1 is 0.964 bits per heavy atom. The predicted octanol–water partition coefficient (Wildman–Crippen LogP) is -0.342. The Morgan fingerprint density at radius 3 is 1.68 bits per heavy atom. The summed E-state index contributed by atoms with van der Waals surface area (Å²) < 4.78 is 50.4. The molecule has 0 spiro atoms. The van der Waals surface area contributed by atoms with Crippen LogP contribution >= 0.6 is 0 Å². The Hall–Kier alpha value is -1.55. The molecular formula is C19H27ClN2O5S. The first-order valence-electron chi connectivity index (χ1n) is 8.72. The highest BCUT2D eigenvalue weighted by atomic mass is 35.6. The number of halogens is 1. The van der Waals surface area contributed by atoms with E-state index in [1.54, 1.807) is 12.1 Å². The topological polar surface area (TPSA) is 133 Å². The number of hydrogen-bond donors (Lipinski definition) is 1. The van der Waals surface area contributed by atoms with Crippen LogP contribution in [0.2, 0.25) is 0 Å². The van der Waals surface area contributed by atoms with Gasteiger partial charge in [0.1, 0.15) is 0 Å². The van der Waals surface area contributed by atoms with Crippen molar-refractivity contribution in [2.24, 2.45) is 5.14 Å². The molecule has 0 fully saturated rings. The van der Waals surface area contributed by atoms with Crippen LogP contribution in [0.25, 0.3) is 0 Å². The minimum Gasteiger partial charge on any atom is -0.357 e. The molecule has 1 aromatic carbocycles. The third-order valence-electron chi connectivity index (χ3n) is 4.15. The summed E-state index contributed by atoms with van der Waals surface area (Å²) >= 11 is 0. The Bertz CT molecular complexity index is 850. The monoisotopic (exact) mass is 430 g/mol. The van der Waals surface area contributed by atoms with Gasteiger partial charge in [-0.05, 0) is 24.6 Å². The van der Waals surface area contributed by atoms with Gasteiger partial charge >= 0.3 is 0 Å². The first-order chi connectivity index (χ1) is 12.8. The van der Waals surface area contributed by atoms with Crippen molar-refractivity contribution in [2.45, 2.75) is 57.9 Å². The molecule has 0 aliphatic carbocycles. The Morgan fingerprint density at radius 2 is 1.36 bits per heavy atom. The summed E-state index contributed by atoms with van der Waals surface area (Å²) in [6.45, 7) is 11.6. The molecule has 156 valence electrons. The Labute approximate surface area is 169 Å². The molecule has 1 heterocycles. The lowest BCUT2D eigenvalue weighted by molar-refractivity contribution is -1.73. The van der Waals surface area contributed by atoms with Crippen LogP contribution in [0.4, 0.5) is 0 Å². The molecule has 2 aromatic rings. The highest BCUT2D eigenvalue weighted by Crippen LogP contribution is 2.19. The van der Waals surface area contributed by atoms with Gasteiger partial charge in [0.05, 0.1) is 15.7 Å². The van der Waals surface area contributed by atoms with Crippen LogP contribution < -0.4 is 23.7 Å². The van der Waals surface area contributed by atoms with E-state index in [0.29, 0.717) is 18.4 Å². The lowest BCUT2D eigenvalue weighted by Gasteiger charge is -2.15. The number of primary sulfonamides is 1. The van der Waals surface area contributed by atoms with Crippen LogP contribution in [0.15, 0.2) is 41.3 Å². The van der Waals surface area contributed by atoms with Crippen molar-refractivity contribution in [1.29, 1.82) is 0 Å². The van der Waals surface area contributed by atoms with Gasteiger partial charge in [-0.25, -0.2) is 13.6 Å². The molecule has 2 rings (SSSR count). The molecule has 1 aromatic heterocycles. The van der Waals surface area contributed by atoms with E-state index in [4.69, 9.17) is 19.1 Å². The van der Waals surface area contributed by atoms with Crippen LogP contribution in [0.1, 0.15) is 62.0 Å². The van der Waals surface area contributed by atoms with Gasteiger partial charge in [0.2, 0.25) is 10.0 Å². The molecule has 2 N–H and O–H groups in total. The largest absolute Gasteiger partial charge is 0.357 e. The van der Waals surface area contributed by atoms with Crippen molar-refractivity contribution < 1.29 is 37.7 Å². The Kier molecular flexibility index (Phi) is 9.00. The van der Waals surface area contributed by atoms with E-state index in [-0.39, 0.29) is 4.90 Å². The molecule has 0 aliphatic heterocycles. The van der Waals surface area contributed by atoms with Crippen LogP contribution in [0.3, 0.4) is 0 Å². The summed E-state index contributed by atoms with van der Waals surface area (Å²) in [5.74, 6) is 0.817. The zero-order valence-corrected chi connectivity index (χ0v) is 18.3. The maximum Gasteiger partial charge on any atom is 0.238 e. The lowest BCUT2D eigenvalue weighted by Crippen LogP contribution is -2.44. The van der Waals surface area contributed by atoms with E-state index in [2.05, 4.69) is 51.3 Å². The second-order valence-electron chi connectivity index (χ2n) is 7.16. The number of benzene rings is 1. The number of sulfonamides is 1. The second-order valence-corrected chi connectivity index (χ2v) is 9.10. The molecule has 0 bridgehead atoms. The van der Waals surface area contributed by atoms with Gasteiger partial charge in [-0.3, -0.25) is 0 Å². The summed E-state index contributed by atoms with van der Waals surface area (Å²) in [6.07, 6.45) is 0. The lowest BCUT2D eigenvalue weighted by atomic mass is 10.0. The summed E-state index contributed by atoms with van der Waals surface area (Å²) in [6, 6.07) is 11.3. The van der Waals surface area contributed by atoms with Crippen molar-refractivity contribution in [3.05, 3.63) is 58.9 Å². The number of pyridine rings is 1. The van der Waals surface area contributed by atoms with Gasteiger partial charge in [0.25, 0.3) is 0 Å². The van der Waals surface area contributed by atoms with Crippen LogP contribution in [-0.2, 0) is 16.6 Å². The normalized spacial score (nSPS) is 11.7. The second kappa shape index (κ2) is 10.3. The predicted molar refractivity (Wildman–Crippen MR) is 96.5 cm³/mol. The summed E-state index contributed by atoms with van der Waals surface area (Å²) in [5, 5.41) is 5.17. The molecule has 7 nitrogen and oxygen atoms in total. The first-order valence-corrected chi connectivity index (χ1v) is 11.2. The number of aryl methyl sites for hydroxylation is 1. The molecule has 0 unspecified atom stereocenters. The highest BCUT2D eigenvalue weighted by Gasteiger charge is 2.23. The van der Waals surface area contributed by atoms with Gasteiger partial charge in [-0.2, -0.15) is 4.57 Å². The molecule has 0 atom stereocenters. The zero-order chi connectivity index (χ0) is 21.6. The van der Waals surface area contributed by atoms with Crippen LogP contribution in [0, 0.1) is 17.7 Å². The maximum atomic E-state index is 11.4. The van der Waals surface area contributed by atoms with E-state index < -0.39 is 20.8 Å². The minimum atomic E-state index is -3.65.